The van der Waals surface area contributed by atoms with Crippen LogP contribution in [0, 0.1) is 6.92 Å². The molecule has 0 atom stereocenters. The van der Waals surface area contributed by atoms with Gasteiger partial charge in [0.2, 0.25) is 0 Å². The number of benzene rings is 1. The van der Waals surface area contributed by atoms with Gasteiger partial charge in [0.25, 0.3) is 5.91 Å². The van der Waals surface area contributed by atoms with Crippen molar-refractivity contribution in [2.45, 2.75) is 6.92 Å². The van der Waals surface area contributed by atoms with Crippen LogP contribution in [-0.2, 0) is 0 Å². The van der Waals surface area contributed by atoms with Crippen molar-refractivity contribution in [3.05, 3.63) is 71.4 Å². The third kappa shape index (κ3) is 3.35. The number of aryl methyl sites for hydroxylation is 1. The molecule has 3 rings (SSSR count). The van der Waals surface area contributed by atoms with Gasteiger partial charge < -0.3 is 5.32 Å². The summed E-state index contributed by atoms with van der Waals surface area (Å²) >= 11 is 5.99. The number of nitrogens with one attached hydrogen (secondary N) is 1. The number of amides is 1. The quantitative estimate of drug-likeness (QED) is 0.796. The van der Waals surface area contributed by atoms with Crippen LogP contribution < -0.4 is 5.32 Å². The molecule has 1 N–H and O–H groups in total. The second-order valence-corrected chi connectivity index (χ2v) is 5.34. The standard InChI is InChI=1S/C17H13ClN4O/c1-11-2-3-13(18)10-14(11)22-17(23)16-15(20-8-9-21-16)12-4-6-19-7-5-12/h2-10H,1H3,(H,22,23). The van der Waals surface area contributed by atoms with E-state index in [1.54, 1.807) is 42.9 Å². The normalized spacial score (nSPS) is 10.3. The van der Waals surface area contributed by atoms with Crippen molar-refractivity contribution >= 4 is 23.2 Å². The number of rotatable bonds is 3. The number of nitrogens with zero attached hydrogens (tertiary/aromatic N) is 3. The summed E-state index contributed by atoms with van der Waals surface area (Å²) in [4.78, 5) is 25.0. The molecule has 0 saturated carbocycles. The number of hydrogen-bond acceptors (Lipinski definition) is 4. The van der Waals surface area contributed by atoms with Gasteiger partial charge in [-0.05, 0) is 36.8 Å². The maximum absolute atomic E-state index is 12.6. The topological polar surface area (TPSA) is 67.8 Å². The van der Waals surface area contributed by atoms with Crippen molar-refractivity contribution < 1.29 is 4.79 Å². The van der Waals surface area contributed by atoms with Gasteiger partial charge in [0.1, 0.15) is 5.69 Å². The Labute approximate surface area is 138 Å². The molecule has 114 valence electrons. The monoisotopic (exact) mass is 324 g/mol. The Balaban J connectivity index is 1.96. The van der Waals surface area contributed by atoms with Crippen LogP contribution in [0.5, 0.6) is 0 Å². The Morgan fingerprint density at radius 3 is 2.57 bits per heavy atom. The minimum absolute atomic E-state index is 0.248. The van der Waals surface area contributed by atoms with Crippen LogP contribution in [0.1, 0.15) is 16.1 Å². The van der Waals surface area contributed by atoms with E-state index in [2.05, 4.69) is 20.3 Å². The van der Waals surface area contributed by atoms with E-state index in [-0.39, 0.29) is 11.6 Å². The molecule has 0 aliphatic rings. The number of pyridine rings is 1. The molecule has 0 aliphatic heterocycles. The zero-order valence-electron chi connectivity index (χ0n) is 12.3. The van der Waals surface area contributed by atoms with E-state index in [1.165, 1.54) is 6.20 Å². The molecule has 0 saturated heterocycles. The lowest BCUT2D eigenvalue weighted by atomic mass is 10.1. The maximum Gasteiger partial charge on any atom is 0.276 e. The third-order valence-electron chi connectivity index (χ3n) is 3.31. The Bertz CT molecular complexity index is 852. The predicted molar refractivity (Wildman–Crippen MR) is 89.4 cm³/mol. The van der Waals surface area contributed by atoms with Gasteiger partial charge >= 0.3 is 0 Å². The molecule has 0 radical (unpaired) electrons. The molecule has 0 spiro atoms. The molecule has 0 bridgehead atoms. The lowest BCUT2D eigenvalue weighted by Crippen LogP contribution is -2.16. The Morgan fingerprint density at radius 2 is 1.78 bits per heavy atom. The highest BCUT2D eigenvalue weighted by Crippen LogP contribution is 2.23. The predicted octanol–water partition coefficient (Wildman–Crippen LogP) is 3.75. The van der Waals surface area contributed by atoms with Gasteiger partial charge in [-0.15, -0.1) is 0 Å². The second-order valence-electron chi connectivity index (χ2n) is 4.90. The molecule has 0 fully saturated rings. The molecule has 0 unspecified atom stereocenters. The molecule has 2 aromatic heterocycles. The van der Waals surface area contributed by atoms with Crippen molar-refractivity contribution in [3.8, 4) is 11.3 Å². The number of carbonyl (C=O) groups excluding carboxylic acids is 1. The van der Waals surface area contributed by atoms with Crippen LogP contribution in [0.2, 0.25) is 5.02 Å². The van der Waals surface area contributed by atoms with Crippen molar-refractivity contribution in [1.29, 1.82) is 0 Å². The minimum atomic E-state index is -0.338. The van der Waals surface area contributed by atoms with Crippen LogP contribution >= 0.6 is 11.6 Å². The fraction of sp³-hybridized carbons (Fsp3) is 0.0588. The lowest BCUT2D eigenvalue weighted by molar-refractivity contribution is 0.102. The fourth-order valence-electron chi connectivity index (χ4n) is 2.14. The Hall–Kier alpha value is -2.79. The highest BCUT2D eigenvalue weighted by Gasteiger charge is 2.16. The molecule has 0 aliphatic carbocycles. The van der Waals surface area contributed by atoms with E-state index in [4.69, 9.17) is 11.6 Å². The number of halogens is 1. The van der Waals surface area contributed by atoms with E-state index in [0.717, 1.165) is 11.1 Å². The van der Waals surface area contributed by atoms with Crippen LogP contribution in [0.15, 0.2) is 55.1 Å². The molecule has 23 heavy (non-hydrogen) atoms. The zero-order valence-corrected chi connectivity index (χ0v) is 13.1. The zero-order chi connectivity index (χ0) is 16.2. The minimum Gasteiger partial charge on any atom is -0.320 e. The van der Waals surface area contributed by atoms with Crippen molar-refractivity contribution in [1.82, 2.24) is 15.0 Å². The summed E-state index contributed by atoms with van der Waals surface area (Å²) in [5, 5.41) is 3.39. The SMILES string of the molecule is Cc1ccc(Cl)cc1NC(=O)c1nccnc1-c1ccncc1. The van der Waals surface area contributed by atoms with Gasteiger partial charge in [-0.3, -0.25) is 14.8 Å². The summed E-state index contributed by atoms with van der Waals surface area (Å²) in [6.07, 6.45) is 6.33. The highest BCUT2D eigenvalue weighted by molar-refractivity contribution is 6.31. The summed E-state index contributed by atoms with van der Waals surface area (Å²) in [5.41, 5.74) is 3.09. The first kappa shape index (κ1) is 15.1. The van der Waals surface area contributed by atoms with Crippen LogP contribution in [-0.4, -0.2) is 20.9 Å². The molecule has 3 aromatic rings. The fourth-order valence-corrected chi connectivity index (χ4v) is 2.31. The van der Waals surface area contributed by atoms with Gasteiger partial charge in [-0.2, -0.15) is 0 Å². The summed E-state index contributed by atoms with van der Waals surface area (Å²) < 4.78 is 0. The average molecular weight is 325 g/mol. The smallest absolute Gasteiger partial charge is 0.276 e. The van der Waals surface area contributed by atoms with Crippen LogP contribution in [0.3, 0.4) is 0 Å². The van der Waals surface area contributed by atoms with E-state index in [0.29, 0.717) is 16.4 Å². The van der Waals surface area contributed by atoms with Gasteiger partial charge in [-0.1, -0.05) is 17.7 Å². The largest absolute Gasteiger partial charge is 0.320 e. The highest BCUT2D eigenvalue weighted by atomic mass is 35.5. The average Bonchev–Trinajstić information content (AvgIpc) is 2.59. The molecule has 5 nitrogen and oxygen atoms in total. The van der Waals surface area contributed by atoms with Gasteiger partial charge in [-0.25, -0.2) is 4.98 Å². The molecule has 1 amide bonds. The first-order valence-corrected chi connectivity index (χ1v) is 7.32. The maximum atomic E-state index is 12.6. The van der Waals surface area contributed by atoms with E-state index in [9.17, 15) is 4.79 Å². The van der Waals surface area contributed by atoms with E-state index in [1.807, 2.05) is 13.0 Å². The summed E-state index contributed by atoms with van der Waals surface area (Å²) in [6, 6.07) is 8.89. The summed E-state index contributed by atoms with van der Waals surface area (Å²) in [6.45, 7) is 1.90. The molecular weight excluding hydrogens is 312 g/mol. The van der Waals surface area contributed by atoms with E-state index >= 15 is 0 Å². The lowest BCUT2D eigenvalue weighted by Gasteiger charge is -2.10. The third-order valence-corrected chi connectivity index (χ3v) is 3.55. The van der Waals surface area contributed by atoms with Crippen LogP contribution in [0.25, 0.3) is 11.3 Å². The molecule has 2 heterocycles. The number of hydrogen-bond donors (Lipinski definition) is 1. The molecule has 1 aromatic carbocycles. The summed E-state index contributed by atoms with van der Waals surface area (Å²) in [7, 11) is 0. The number of carbonyl (C=O) groups is 1. The second kappa shape index (κ2) is 6.54. The van der Waals surface area contributed by atoms with Gasteiger partial charge in [0.05, 0.1) is 0 Å². The molecular formula is C17H13ClN4O. The van der Waals surface area contributed by atoms with Gasteiger partial charge in [0, 0.05) is 41.1 Å². The Kier molecular flexibility index (Phi) is 4.30. The van der Waals surface area contributed by atoms with Crippen molar-refractivity contribution in [2.75, 3.05) is 5.32 Å². The first-order valence-electron chi connectivity index (χ1n) is 6.94. The van der Waals surface area contributed by atoms with Crippen molar-refractivity contribution in [2.24, 2.45) is 0 Å². The van der Waals surface area contributed by atoms with E-state index < -0.39 is 0 Å². The number of anilines is 1. The first-order chi connectivity index (χ1) is 11.1. The van der Waals surface area contributed by atoms with Crippen molar-refractivity contribution in [3.63, 3.8) is 0 Å². The van der Waals surface area contributed by atoms with Crippen LogP contribution in [0.4, 0.5) is 5.69 Å². The van der Waals surface area contributed by atoms with Gasteiger partial charge in [0.15, 0.2) is 5.69 Å². The Morgan fingerprint density at radius 1 is 1.04 bits per heavy atom. The summed E-state index contributed by atoms with van der Waals surface area (Å²) in [5.74, 6) is -0.338. The molecule has 6 heteroatoms. The number of aromatic nitrogens is 3.